The normalized spacial score (nSPS) is 10.4. The molecule has 0 aromatic heterocycles. The van der Waals surface area contributed by atoms with Crippen molar-refractivity contribution in [3.05, 3.63) is 58.4 Å². The van der Waals surface area contributed by atoms with Gasteiger partial charge in [0.05, 0.1) is 13.7 Å². The summed E-state index contributed by atoms with van der Waals surface area (Å²) in [7, 11) is 1.50. The number of hydrogen-bond acceptors (Lipinski definition) is 3. The summed E-state index contributed by atoms with van der Waals surface area (Å²) in [6, 6.07) is 9.36. The monoisotopic (exact) mass is 296 g/mol. The number of aliphatic hydroxyl groups excluding tert-OH is 1. The Hall–Kier alpha value is -1.78. The number of halogens is 2. The van der Waals surface area contributed by atoms with Crippen LogP contribution in [0.3, 0.4) is 0 Å². The second-order valence-corrected chi connectivity index (χ2v) is 4.60. The van der Waals surface area contributed by atoms with Crippen molar-refractivity contribution in [2.24, 2.45) is 0 Å². The lowest BCUT2D eigenvalue weighted by Crippen LogP contribution is -2.00. The summed E-state index contributed by atoms with van der Waals surface area (Å²) < 4.78 is 24.3. The third kappa shape index (κ3) is 3.40. The van der Waals surface area contributed by atoms with E-state index < -0.39 is 0 Å². The van der Waals surface area contributed by atoms with Crippen molar-refractivity contribution in [1.82, 2.24) is 0 Å². The van der Waals surface area contributed by atoms with Crippen LogP contribution in [0.25, 0.3) is 0 Å². The molecule has 3 nitrogen and oxygen atoms in total. The minimum atomic E-state index is -0.375. The summed E-state index contributed by atoms with van der Waals surface area (Å²) in [4.78, 5) is 0. The number of aliphatic hydroxyl groups is 1. The zero-order valence-corrected chi connectivity index (χ0v) is 11.7. The van der Waals surface area contributed by atoms with Crippen LogP contribution in [-0.2, 0) is 13.2 Å². The van der Waals surface area contributed by atoms with Gasteiger partial charge in [-0.25, -0.2) is 4.39 Å². The molecule has 5 heteroatoms. The van der Waals surface area contributed by atoms with Gasteiger partial charge in [-0.3, -0.25) is 0 Å². The first kappa shape index (κ1) is 14.6. The fourth-order valence-corrected chi connectivity index (χ4v) is 1.93. The Kier molecular flexibility index (Phi) is 4.82. The molecule has 0 atom stereocenters. The lowest BCUT2D eigenvalue weighted by molar-refractivity contribution is 0.272. The van der Waals surface area contributed by atoms with E-state index in [0.717, 1.165) is 0 Å². The van der Waals surface area contributed by atoms with Gasteiger partial charge in [0.15, 0.2) is 11.5 Å². The van der Waals surface area contributed by atoms with Crippen LogP contribution in [0, 0.1) is 5.82 Å². The maximum atomic E-state index is 13.6. The number of ether oxygens (including phenoxy) is 2. The summed E-state index contributed by atoms with van der Waals surface area (Å²) in [5.41, 5.74) is 1.08. The SMILES string of the molecule is COc1cc(CO)ccc1OCc1cc(Cl)ccc1F. The molecule has 1 N–H and O–H groups in total. The standard InChI is InChI=1S/C15H14ClFO3/c1-19-15-6-10(8-18)2-5-14(15)20-9-11-7-12(16)3-4-13(11)17/h2-7,18H,8-9H2,1H3. The Morgan fingerprint density at radius 1 is 1.15 bits per heavy atom. The smallest absolute Gasteiger partial charge is 0.161 e. The summed E-state index contributed by atoms with van der Waals surface area (Å²) in [5, 5.41) is 9.51. The van der Waals surface area contributed by atoms with E-state index in [-0.39, 0.29) is 19.0 Å². The highest BCUT2D eigenvalue weighted by atomic mass is 35.5. The number of hydrogen-bond donors (Lipinski definition) is 1. The van der Waals surface area contributed by atoms with E-state index in [2.05, 4.69) is 0 Å². The quantitative estimate of drug-likeness (QED) is 0.917. The van der Waals surface area contributed by atoms with Crippen molar-refractivity contribution in [2.45, 2.75) is 13.2 Å². The van der Waals surface area contributed by atoms with E-state index in [0.29, 0.717) is 27.6 Å². The van der Waals surface area contributed by atoms with Crippen LogP contribution < -0.4 is 9.47 Å². The fourth-order valence-electron chi connectivity index (χ4n) is 1.74. The molecule has 106 valence electrons. The van der Waals surface area contributed by atoms with Gasteiger partial charge < -0.3 is 14.6 Å². The Balaban J connectivity index is 2.16. The highest BCUT2D eigenvalue weighted by Gasteiger charge is 2.08. The molecule has 0 unspecified atom stereocenters. The zero-order valence-electron chi connectivity index (χ0n) is 10.9. The second-order valence-electron chi connectivity index (χ2n) is 4.17. The molecule has 2 aromatic carbocycles. The van der Waals surface area contributed by atoms with Crippen molar-refractivity contribution in [2.75, 3.05) is 7.11 Å². The molecule has 0 fully saturated rings. The maximum absolute atomic E-state index is 13.6. The second kappa shape index (κ2) is 6.59. The van der Waals surface area contributed by atoms with Gasteiger partial charge in [-0.1, -0.05) is 17.7 Å². The van der Waals surface area contributed by atoms with Gasteiger partial charge in [-0.15, -0.1) is 0 Å². The topological polar surface area (TPSA) is 38.7 Å². The first-order valence-electron chi connectivity index (χ1n) is 5.98. The number of methoxy groups -OCH3 is 1. The maximum Gasteiger partial charge on any atom is 0.161 e. The van der Waals surface area contributed by atoms with Crippen molar-refractivity contribution >= 4 is 11.6 Å². The van der Waals surface area contributed by atoms with Crippen LogP contribution >= 0.6 is 11.6 Å². The molecular weight excluding hydrogens is 283 g/mol. The average Bonchev–Trinajstić information content (AvgIpc) is 2.48. The molecule has 2 aromatic rings. The molecule has 2 rings (SSSR count). The summed E-state index contributed by atoms with van der Waals surface area (Å²) >= 11 is 5.82. The molecule has 20 heavy (non-hydrogen) atoms. The lowest BCUT2D eigenvalue weighted by Gasteiger charge is -2.12. The summed E-state index contributed by atoms with van der Waals surface area (Å²) in [5.74, 6) is 0.586. The molecule has 0 heterocycles. The van der Waals surface area contributed by atoms with Gasteiger partial charge >= 0.3 is 0 Å². The average molecular weight is 297 g/mol. The van der Waals surface area contributed by atoms with Crippen LogP contribution in [0.15, 0.2) is 36.4 Å². The summed E-state index contributed by atoms with van der Waals surface area (Å²) in [6.45, 7) is -0.0409. The van der Waals surface area contributed by atoms with E-state index in [1.165, 1.54) is 25.3 Å². The van der Waals surface area contributed by atoms with E-state index >= 15 is 0 Å². The minimum absolute atomic E-state index is 0.0429. The zero-order chi connectivity index (χ0) is 14.5. The first-order chi connectivity index (χ1) is 9.63. The molecule has 0 spiro atoms. The largest absolute Gasteiger partial charge is 0.493 e. The predicted octanol–water partition coefficient (Wildman–Crippen LogP) is 3.56. The molecule has 0 radical (unpaired) electrons. The molecule has 0 amide bonds. The highest BCUT2D eigenvalue weighted by molar-refractivity contribution is 6.30. The summed E-state index contributed by atoms with van der Waals surface area (Å²) in [6.07, 6.45) is 0. The van der Waals surface area contributed by atoms with Crippen molar-refractivity contribution in [3.63, 3.8) is 0 Å². The molecule has 0 aliphatic rings. The van der Waals surface area contributed by atoms with Gasteiger partial charge in [0.1, 0.15) is 12.4 Å². The van der Waals surface area contributed by atoms with E-state index in [1.807, 2.05) is 0 Å². The molecule has 0 saturated carbocycles. The Labute approximate surface area is 121 Å². The first-order valence-corrected chi connectivity index (χ1v) is 6.36. The Bertz CT molecular complexity index is 602. The van der Waals surface area contributed by atoms with Gasteiger partial charge in [0.2, 0.25) is 0 Å². The van der Waals surface area contributed by atoms with Crippen LogP contribution in [0.5, 0.6) is 11.5 Å². The van der Waals surface area contributed by atoms with Crippen LogP contribution in [0.4, 0.5) is 4.39 Å². The molecular formula is C15H14ClFO3. The predicted molar refractivity (Wildman–Crippen MR) is 74.7 cm³/mol. The number of benzene rings is 2. The molecule has 0 aliphatic heterocycles. The van der Waals surface area contributed by atoms with E-state index in [4.69, 9.17) is 26.2 Å². The third-order valence-corrected chi connectivity index (χ3v) is 3.04. The fraction of sp³-hybridized carbons (Fsp3) is 0.200. The van der Waals surface area contributed by atoms with E-state index in [9.17, 15) is 4.39 Å². The van der Waals surface area contributed by atoms with Crippen molar-refractivity contribution in [1.29, 1.82) is 0 Å². The minimum Gasteiger partial charge on any atom is -0.493 e. The van der Waals surface area contributed by atoms with Gasteiger partial charge in [0.25, 0.3) is 0 Å². The highest BCUT2D eigenvalue weighted by Crippen LogP contribution is 2.29. The van der Waals surface area contributed by atoms with Crippen LogP contribution in [-0.4, -0.2) is 12.2 Å². The third-order valence-electron chi connectivity index (χ3n) is 2.80. The van der Waals surface area contributed by atoms with Crippen LogP contribution in [0.1, 0.15) is 11.1 Å². The molecule has 0 bridgehead atoms. The Morgan fingerprint density at radius 2 is 1.95 bits per heavy atom. The van der Waals surface area contributed by atoms with Crippen molar-refractivity contribution < 1.29 is 19.0 Å². The van der Waals surface area contributed by atoms with Gasteiger partial charge in [0, 0.05) is 10.6 Å². The van der Waals surface area contributed by atoms with Gasteiger partial charge in [-0.05, 0) is 35.9 Å². The van der Waals surface area contributed by atoms with E-state index in [1.54, 1.807) is 18.2 Å². The number of rotatable bonds is 5. The molecule has 0 saturated heterocycles. The Morgan fingerprint density at radius 3 is 2.65 bits per heavy atom. The van der Waals surface area contributed by atoms with Crippen molar-refractivity contribution in [3.8, 4) is 11.5 Å². The molecule has 0 aliphatic carbocycles. The lowest BCUT2D eigenvalue weighted by atomic mass is 10.2. The van der Waals surface area contributed by atoms with Gasteiger partial charge in [-0.2, -0.15) is 0 Å². The van der Waals surface area contributed by atoms with Crippen LogP contribution in [0.2, 0.25) is 5.02 Å².